The number of benzene rings is 2. The van der Waals surface area contributed by atoms with Gasteiger partial charge < -0.3 is 10.0 Å². The normalized spacial score (nSPS) is 17.4. The molecule has 1 atom stereocenters. The molecule has 1 unspecified atom stereocenters. The standard InChI is InChI=1S/C17H16FNO2/c1-11-16-6-5-14(18)9-12(16)7-8-19(11)17(21)13-3-2-4-15(20)10-13/h2-6,9-11,20H,7-8H2,1H3. The molecule has 0 fully saturated rings. The van der Waals surface area contributed by atoms with Crippen LogP contribution < -0.4 is 0 Å². The molecule has 0 spiro atoms. The van der Waals surface area contributed by atoms with Crippen LogP contribution in [0.1, 0.15) is 34.5 Å². The summed E-state index contributed by atoms with van der Waals surface area (Å²) in [4.78, 5) is 14.3. The molecule has 4 heteroatoms. The summed E-state index contributed by atoms with van der Waals surface area (Å²) < 4.78 is 13.3. The molecule has 2 aromatic rings. The minimum atomic E-state index is -0.242. The molecule has 0 saturated heterocycles. The first-order chi connectivity index (χ1) is 10.1. The molecule has 0 aliphatic carbocycles. The third-order valence-corrected chi connectivity index (χ3v) is 4.00. The average Bonchev–Trinajstić information content (AvgIpc) is 2.47. The van der Waals surface area contributed by atoms with E-state index in [1.165, 1.54) is 18.2 Å². The number of carbonyl (C=O) groups excluding carboxylic acids is 1. The van der Waals surface area contributed by atoms with Crippen LogP contribution in [0.5, 0.6) is 5.75 Å². The van der Waals surface area contributed by atoms with Crippen LogP contribution in [0.25, 0.3) is 0 Å². The molecular weight excluding hydrogens is 269 g/mol. The lowest BCUT2D eigenvalue weighted by Gasteiger charge is -2.35. The van der Waals surface area contributed by atoms with Crippen LogP contribution in [0.2, 0.25) is 0 Å². The lowest BCUT2D eigenvalue weighted by molar-refractivity contribution is 0.0677. The van der Waals surface area contributed by atoms with Gasteiger partial charge in [0.1, 0.15) is 11.6 Å². The van der Waals surface area contributed by atoms with Gasteiger partial charge in [-0.1, -0.05) is 12.1 Å². The van der Waals surface area contributed by atoms with Crippen LogP contribution in [-0.2, 0) is 6.42 Å². The molecule has 1 amide bonds. The lowest BCUT2D eigenvalue weighted by Crippen LogP contribution is -2.38. The topological polar surface area (TPSA) is 40.5 Å². The minimum absolute atomic E-state index is 0.0768. The number of phenolic OH excluding ortho intramolecular Hbond substituents is 1. The highest BCUT2D eigenvalue weighted by atomic mass is 19.1. The molecule has 3 nitrogen and oxygen atoms in total. The summed E-state index contributed by atoms with van der Waals surface area (Å²) >= 11 is 0. The van der Waals surface area contributed by atoms with E-state index in [4.69, 9.17) is 0 Å². The number of hydrogen-bond donors (Lipinski definition) is 1. The largest absolute Gasteiger partial charge is 0.508 e. The van der Waals surface area contributed by atoms with E-state index in [1.807, 2.05) is 6.92 Å². The van der Waals surface area contributed by atoms with Crippen LogP contribution in [-0.4, -0.2) is 22.5 Å². The molecule has 21 heavy (non-hydrogen) atoms. The molecule has 1 heterocycles. The monoisotopic (exact) mass is 285 g/mol. The highest BCUT2D eigenvalue weighted by Crippen LogP contribution is 2.31. The van der Waals surface area contributed by atoms with Gasteiger partial charge in [0.05, 0.1) is 6.04 Å². The number of hydrogen-bond acceptors (Lipinski definition) is 2. The first kappa shape index (κ1) is 13.6. The van der Waals surface area contributed by atoms with Crippen molar-refractivity contribution in [3.05, 3.63) is 65.0 Å². The fraction of sp³-hybridized carbons (Fsp3) is 0.235. The smallest absolute Gasteiger partial charge is 0.254 e. The maximum absolute atomic E-state index is 13.3. The first-order valence-electron chi connectivity index (χ1n) is 6.94. The van der Waals surface area contributed by atoms with Crippen LogP contribution >= 0.6 is 0 Å². The maximum atomic E-state index is 13.3. The maximum Gasteiger partial charge on any atom is 0.254 e. The number of phenols is 1. The van der Waals surface area contributed by atoms with E-state index in [-0.39, 0.29) is 23.5 Å². The van der Waals surface area contributed by atoms with Crippen molar-refractivity contribution in [1.29, 1.82) is 0 Å². The Morgan fingerprint density at radius 3 is 2.86 bits per heavy atom. The van der Waals surface area contributed by atoms with Gasteiger partial charge in [0, 0.05) is 12.1 Å². The molecule has 0 radical (unpaired) electrons. The zero-order valence-corrected chi connectivity index (χ0v) is 11.7. The Kier molecular flexibility index (Phi) is 3.37. The molecule has 3 rings (SSSR count). The summed E-state index contributed by atoms with van der Waals surface area (Å²) in [5.74, 6) is -0.282. The minimum Gasteiger partial charge on any atom is -0.508 e. The summed E-state index contributed by atoms with van der Waals surface area (Å²) in [6.45, 7) is 2.49. The lowest BCUT2D eigenvalue weighted by atomic mass is 9.93. The van der Waals surface area contributed by atoms with Crippen molar-refractivity contribution in [2.24, 2.45) is 0 Å². The number of carbonyl (C=O) groups is 1. The second-order valence-corrected chi connectivity index (χ2v) is 5.32. The van der Waals surface area contributed by atoms with Crippen molar-refractivity contribution >= 4 is 5.91 Å². The molecule has 1 aliphatic heterocycles. The van der Waals surface area contributed by atoms with Crippen LogP contribution in [0.15, 0.2) is 42.5 Å². The van der Waals surface area contributed by atoms with Gasteiger partial charge in [-0.25, -0.2) is 4.39 Å². The van der Waals surface area contributed by atoms with E-state index in [0.29, 0.717) is 18.5 Å². The number of halogens is 1. The summed E-state index contributed by atoms with van der Waals surface area (Å²) in [5.41, 5.74) is 2.41. The zero-order chi connectivity index (χ0) is 15.0. The Balaban J connectivity index is 1.91. The molecule has 0 bridgehead atoms. The third kappa shape index (κ3) is 2.49. The average molecular weight is 285 g/mol. The van der Waals surface area contributed by atoms with Gasteiger partial charge in [-0.3, -0.25) is 4.79 Å². The number of nitrogens with zero attached hydrogens (tertiary/aromatic N) is 1. The van der Waals surface area contributed by atoms with E-state index in [0.717, 1.165) is 11.1 Å². The third-order valence-electron chi connectivity index (χ3n) is 4.00. The second-order valence-electron chi connectivity index (χ2n) is 5.32. The summed E-state index contributed by atoms with van der Waals surface area (Å²) in [6.07, 6.45) is 0.641. The summed E-state index contributed by atoms with van der Waals surface area (Å²) in [6, 6.07) is 11.0. The molecule has 2 aromatic carbocycles. The van der Waals surface area contributed by atoms with Crippen molar-refractivity contribution < 1.29 is 14.3 Å². The number of fused-ring (bicyclic) bond motifs is 1. The molecule has 1 N–H and O–H groups in total. The molecule has 1 aliphatic rings. The van der Waals surface area contributed by atoms with E-state index in [1.54, 1.807) is 29.2 Å². The summed E-state index contributed by atoms with van der Waals surface area (Å²) in [7, 11) is 0. The van der Waals surface area contributed by atoms with E-state index in [2.05, 4.69) is 0 Å². The van der Waals surface area contributed by atoms with E-state index < -0.39 is 0 Å². The van der Waals surface area contributed by atoms with E-state index >= 15 is 0 Å². The van der Waals surface area contributed by atoms with Crippen LogP contribution in [0.3, 0.4) is 0 Å². The van der Waals surface area contributed by atoms with Gasteiger partial charge in [0.2, 0.25) is 0 Å². The van der Waals surface area contributed by atoms with Gasteiger partial charge in [0.15, 0.2) is 0 Å². The number of aromatic hydroxyl groups is 1. The zero-order valence-electron chi connectivity index (χ0n) is 11.7. The van der Waals surface area contributed by atoms with Crippen LogP contribution in [0.4, 0.5) is 4.39 Å². The molecule has 0 saturated carbocycles. The Morgan fingerprint density at radius 2 is 2.10 bits per heavy atom. The fourth-order valence-electron chi connectivity index (χ4n) is 2.88. The van der Waals surface area contributed by atoms with E-state index in [9.17, 15) is 14.3 Å². The Bertz CT molecular complexity index is 699. The predicted octanol–water partition coefficient (Wildman–Crippen LogP) is 3.29. The quantitative estimate of drug-likeness (QED) is 0.873. The van der Waals surface area contributed by atoms with Crippen molar-refractivity contribution in [1.82, 2.24) is 4.90 Å². The SMILES string of the molecule is CC1c2ccc(F)cc2CCN1C(=O)c1cccc(O)c1. The van der Waals surface area contributed by atoms with Gasteiger partial charge >= 0.3 is 0 Å². The summed E-state index contributed by atoms with van der Waals surface area (Å²) in [5, 5.41) is 9.50. The second kappa shape index (κ2) is 5.20. The highest BCUT2D eigenvalue weighted by molar-refractivity contribution is 5.95. The van der Waals surface area contributed by atoms with Gasteiger partial charge in [-0.05, 0) is 54.8 Å². The predicted molar refractivity (Wildman–Crippen MR) is 77.7 cm³/mol. The number of rotatable bonds is 1. The Labute approximate surface area is 122 Å². The fourth-order valence-corrected chi connectivity index (χ4v) is 2.88. The van der Waals surface area contributed by atoms with Crippen molar-refractivity contribution in [3.8, 4) is 5.75 Å². The Hall–Kier alpha value is -2.36. The van der Waals surface area contributed by atoms with Gasteiger partial charge in [-0.2, -0.15) is 0 Å². The van der Waals surface area contributed by atoms with Crippen molar-refractivity contribution in [2.75, 3.05) is 6.54 Å². The Morgan fingerprint density at radius 1 is 1.29 bits per heavy atom. The highest BCUT2D eigenvalue weighted by Gasteiger charge is 2.28. The number of amides is 1. The van der Waals surface area contributed by atoms with Crippen LogP contribution in [0, 0.1) is 5.82 Å². The molecule has 0 aromatic heterocycles. The van der Waals surface area contributed by atoms with Crippen molar-refractivity contribution in [2.45, 2.75) is 19.4 Å². The molecular formula is C17H16FNO2. The van der Waals surface area contributed by atoms with Crippen molar-refractivity contribution in [3.63, 3.8) is 0 Å². The van der Waals surface area contributed by atoms with Gasteiger partial charge in [0.25, 0.3) is 5.91 Å². The van der Waals surface area contributed by atoms with Gasteiger partial charge in [-0.15, -0.1) is 0 Å². The molecule has 108 valence electrons. The first-order valence-corrected chi connectivity index (χ1v) is 6.94.